The van der Waals surface area contributed by atoms with Gasteiger partial charge in [-0.05, 0) is 57.4 Å². The number of H-pyrrole nitrogens is 1. The summed E-state index contributed by atoms with van der Waals surface area (Å²) in [6.45, 7) is 8.59. The highest BCUT2D eigenvalue weighted by molar-refractivity contribution is 6.04. The summed E-state index contributed by atoms with van der Waals surface area (Å²) in [5.41, 5.74) is 3.79. The number of nitrogens with one attached hydrogen (secondary N) is 1. The molecule has 0 bridgehead atoms. The van der Waals surface area contributed by atoms with Crippen LogP contribution in [0.4, 0.5) is 0 Å². The minimum atomic E-state index is -0.996. The van der Waals surface area contributed by atoms with E-state index in [1.54, 1.807) is 26.0 Å². The largest absolute Gasteiger partial charge is 0.465 e. The summed E-state index contributed by atoms with van der Waals surface area (Å²) >= 11 is 0. The molecule has 0 spiro atoms. The SMILES string of the molecule is COC(=O)c1c(C)[nH]c(C(=O)[C@@H](C)OC(=O)c2cccc(C)c2C)c1C. The number of benzene rings is 1. The van der Waals surface area contributed by atoms with Crippen LogP contribution in [-0.4, -0.2) is 35.9 Å². The molecule has 1 heterocycles. The number of hydrogen-bond donors (Lipinski definition) is 1. The van der Waals surface area contributed by atoms with Gasteiger partial charge in [0.2, 0.25) is 5.78 Å². The van der Waals surface area contributed by atoms with Crippen molar-refractivity contribution in [2.45, 2.75) is 40.7 Å². The number of esters is 2. The van der Waals surface area contributed by atoms with Crippen molar-refractivity contribution in [2.24, 2.45) is 0 Å². The number of aromatic nitrogens is 1. The van der Waals surface area contributed by atoms with E-state index < -0.39 is 23.8 Å². The summed E-state index contributed by atoms with van der Waals surface area (Å²) in [5, 5.41) is 0. The van der Waals surface area contributed by atoms with E-state index in [0.717, 1.165) is 11.1 Å². The molecule has 0 aliphatic heterocycles. The molecular formula is C20H23NO5. The van der Waals surface area contributed by atoms with Gasteiger partial charge < -0.3 is 14.5 Å². The standard InChI is InChI=1S/C20H23NO5/c1-10-8-7-9-15(11(10)2)19(23)26-14(5)18(22)17-12(3)16(13(4)21-17)20(24)25-6/h7-9,14,21H,1-6H3/t14-/m1/s1. The first kappa shape index (κ1) is 19.4. The van der Waals surface area contributed by atoms with Gasteiger partial charge in [0.05, 0.1) is 23.9 Å². The lowest BCUT2D eigenvalue weighted by Crippen LogP contribution is -2.25. The average Bonchev–Trinajstić information content (AvgIpc) is 2.90. The molecule has 138 valence electrons. The Hall–Kier alpha value is -2.89. The summed E-state index contributed by atoms with van der Waals surface area (Å²) in [4.78, 5) is 39.9. The Balaban J connectivity index is 2.24. The number of methoxy groups -OCH3 is 1. The molecule has 0 saturated carbocycles. The van der Waals surface area contributed by atoms with Gasteiger partial charge in [-0.3, -0.25) is 4.79 Å². The predicted octanol–water partition coefficient (Wildman–Crippen LogP) is 3.46. The quantitative estimate of drug-likeness (QED) is 0.654. The van der Waals surface area contributed by atoms with E-state index in [9.17, 15) is 14.4 Å². The van der Waals surface area contributed by atoms with Crippen LogP contribution in [0, 0.1) is 27.7 Å². The number of hydrogen-bond acceptors (Lipinski definition) is 5. The zero-order valence-corrected chi connectivity index (χ0v) is 15.9. The lowest BCUT2D eigenvalue weighted by atomic mass is 10.0. The van der Waals surface area contributed by atoms with Gasteiger partial charge in [-0.1, -0.05) is 12.1 Å². The maximum Gasteiger partial charge on any atom is 0.339 e. The normalized spacial score (nSPS) is 11.8. The first-order valence-electron chi connectivity index (χ1n) is 8.27. The highest BCUT2D eigenvalue weighted by Gasteiger charge is 2.28. The highest BCUT2D eigenvalue weighted by atomic mass is 16.5. The lowest BCUT2D eigenvalue weighted by Gasteiger charge is -2.14. The molecule has 6 heteroatoms. The van der Waals surface area contributed by atoms with Gasteiger partial charge in [-0.25, -0.2) is 9.59 Å². The van der Waals surface area contributed by atoms with Crippen molar-refractivity contribution in [3.05, 3.63) is 57.4 Å². The molecule has 1 atom stereocenters. The molecule has 2 rings (SSSR count). The third kappa shape index (κ3) is 3.54. The Kier molecular flexibility index (Phi) is 5.65. The third-order valence-electron chi connectivity index (χ3n) is 4.55. The second-order valence-electron chi connectivity index (χ2n) is 6.28. The Morgan fingerprint density at radius 2 is 1.65 bits per heavy atom. The van der Waals surface area contributed by atoms with Gasteiger partial charge in [-0.15, -0.1) is 0 Å². The Morgan fingerprint density at radius 3 is 2.27 bits per heavy atom. The molecule has 26 heavy (non-hydrogen) atoms. The van der Waals surface area contributed by atoms with Gasteiger partial charge in [0.15, 0.2) is 6.10 Å². The molecule has 0 radical (unpaired) electrons. The fourth-order valence-corrected chi connectivity index (χ4v) is 2.86. The van der Waals surface area contributed by atoms with Crippen LogP contribution in [0.1, 0.15) is 60.5 Å². The minimum Gasteiger partial charge on any atom is -0.465 e. The van der Waals surface area contributed by atoms with Gasteiger partial charge in [0.1, 0.15) is 0 Å². The number of aryl methyl sites for hydroxylation is 2. The van der Waals surface area contributed by atoms with Crippen molar-refractivity contribution < 1.29 is 23.9 Å². The fraction of sp³-hybridized carbons (Fsp3) is 0.350. The smallest absolute Gasteiger partial charge is 0.339 e. The monoisotopic (exact) mass is 357 g/mol. The summed E-state index contributed by atoms with van der Waals surface area (Å²) in [5.74, 6) is -1.48. The van der Waals surface area contributed by atoms with Crippen molar-refractivity contribution in [2.75, 3.05) is 7.11 Å². The number of aromatic amines is 1. The summed E-state index contributed by atoms with van der Waals surface area (Å²) < 4.78 is 10.1. The maximum absolute atomic E-state index is 12.7. The molecule has 0 aliphatic carbocycles. The molecular weight excluding hydrogens is 334 g/mol. The molecule has 2 aromatic rings. The number of ketones is 1. The van der Waals surface area contributed by atoms with Crippen LogP contribution in [0.2, 0.25) is 0 Å². The van der Waals surface area contributed by atoms with E-state index in [2.05, 4.69) is 4.98 Å². The number of ether oxygens (including phenoxy) is 2. The van der Waals surface area contributed by atoms with E-state index in [1.807, 2.05) is 19.9 Å². The van der Waals surface area contributed by atoms with Crippen molar-refractivity contribution in [3.63, 3.8) is 0 Å². The number of Topliss-reactive ketones (excluding diaryl/α,β-unsaturated/α-hetero) is 1. The first-order valence-corrected chi connectivity index (χ1v) is 8.27. The van der Waals surface area contributed by atoms with Gasteiger partial charge in [0, 0.05) is 5.69 Å². The molecule has 0 aliphatic rings. The van der Waals surface area contributed by atoms with Crippen molar-refractivity contribution in [3.8, 4) is 0 Å². The number of carbonyl (C=O) groups is 3. The van der Waals surface area contributed by atoms with Gasteiger partial charge in [0.25, 0.3) is 0 Å². The zero-order chi connectivity index (χ0) is 19.6. The van der Waals surface area contributed by atoms with Crippen LogP contribution < -0.4 is 0 Å². The number of carbonyl (C=O) groups excluding carboxylic acids is 3. The Labute approximate surface area is 152 Å². The molecule has 0 unspecified atom stereocenters. The summed E-state index contributed by atoms with van der Waals surface area (Å²) in [6.07, 6.45) is -0.996. The van der Waals surface area contributed by atoms with Crippen molar-refractivity contribution >= 4 is 17.7 Å². The molecule has 0 saturated heterocycles. The average molecular weight is 357 g/mol. The van der Waals surface area contributed by atoms with Crippen molar-refractivity contribution in [1.29, 1.82) is 0 Å². The van der Waals surface area contributed by atoms with Crippen LogP contribution in [0.3, 0.4) is 0 Å². The van der Waals surface area contributed by atoms with E-state index in [0.29, 0.717) is 22.4 Å². The van der Waals surface area contributed by atoms with E-state index in [4.69, 9.17) is 9.47 Å². The number of rotatable bonds is 5. The Bertz CT molecular complexity index is 879. The van der Waals surface area contributed by atoms with E-state index in [-0.39, 0.29) is 5.69 Å². The second kappa shape index (κ2) is 7.56. The van der Waals surface area contributed by atoms with Gasteiger partial charge in [-0.2, -0.15) is 0 Å². The highest BCUT2D eigenvalue weighted by Crippen LogP contribution is 2.21. The van der Waals surface area contributed by atoms with Crippen LogP contribution in [0.5, 0.6) is 0 Å². The first-order chi connectivity index (χ1) is 12.2. The molecule has 1 N–H and O–H groups in total. The topological polar surface area (TPSA) is 85.5 Å². The van der Waals surface area contributed by atoms with E-state index >= 15 is 0 Å². The molecule has 0 fully saturated rings. The zero-order valence-electron chi connectivity index (χ0n) is 15.9. The lowest BCUT2D eigenvalue weighted by molar-refractivity contribution is 0.0316. The Morgan fingerprint density at radius 1 is 1.00 bits per heavy atom. The summed E-state index contributed by atoms with van der Waals surface area (Å²) in [6, 6.07) is 5.34. The molecule has 6 nitrogen and oxygen atoms in total. The predicted molar refractivity (Wildman–Crippen MR) is 96.7 cm³/mol. The van der Waals surface area contributed by atoms with Crippen LogP contribution in [-0.2, 0) is 9.47 Å². The van der Waals surface area contributed by atoms with Crippen LogP contribution in [0.15, 0.2) is 18.2 Å². The molecule has 0 amide bonds. The van der Waals surface area contributed by atoms with Crippen LogP contribution in [0.25, 0.3) is 0 Å². The van der Waals surface area contributed by atoms with Gasteiger partial charge >= 0.3 is 11.9 Å². The summed E-state index contributed by atoms with van der Waals surface area (Å²) in [7, 11) is 1.28. The van der Waals surface area contributed by atoms with Crippen LogP contribution >= 0.6 is 0 Å². The minimum absolute atomic E-state index is 0.240. The molecule has 1 aromatic heterocycles. The maximum atomic E-state index is 12.7. The van der Waals surface area contributed by atoms with Crippen molar-refractivity contribution in [1.82, 2.24) is 4.98 Å². The second-order valence-corrected chi connectivity index (χ2v) is 6.28. The van der Waals surface area contributed by atoms with E-state index in [1.165, 1.54) is 14.0 Å². The molecule has 1 aromatic carbocycles. The fourth-order valence-electron chi connectivity index (χ4n) is 2.86. The third-order valence-corrected chi connectivity index (χ3v) is 4.55.